The highest BCUT2D eigenvalue weighted by molar-refractivity contribution is 5.79. The molecule has 4 aromatic rings. The van der Waals surface area contributed by atoms with Gasteiger partial charge in [-0.2, -0.15) is 0 Å². The monoisotopic (exact) mass is 497 g/mol. The summed E-state index contributed by atoms with van der Waals surface area (Å²) in [7, 11) is 0. The van der Waals surface area contributed by atoms with Crippen LogP contribution in [0, 0.1) is 19.8 Å². The second kappa shape index (κ2) is 10.8. The molecule has 1 atom stereocenters. The van der Waals surface area contributed by atoms with Gasteiger partial charge in [0.25, 0.3) is 5.56 Å². The summed E-state index contributed by atoms with van der Waals surface area (Å²) in [6.45, 7) is 6.38. The number of benzene rings is 2. The van der Waals surface area contributed by atoms with Crippen LogP contribution in [-0.4, -0.2) is 20.4 Å². The van der Waals surface area contributed by atoms with Crippen LogP contribution in [0.15, 0.2) is 70.1 Å². The molecule has 0 radical (unpaired) electrons. The molecular weight excluding hydrogens is 462 g/mol. The molecule has 1 saturated carbocycles. The lowest BCUT2D eigenvalue weighted by molar-refractivity contribution is -0.135. The zero-order chi connectivity index (χ0) is 25.9. The number of carbonyl (C=O) groups excluding carboxylic acids is 1. The Morgan fingerprint density at radius 1 is 1.08 bits per heavy atom. The summed E-state index contributed by atoms with van der Waals surface area (Å²) in [5.74, 6) is 1.94. The van der Waals surface area contributed by atoms with Crippen molar-refractivity contribution in [3.8, 4) is 5.69 Å². The summed E-state index contributed by atoms with van der Waals surface area (Å²) in [6, 6.07) is 16.7. The van der Waals surface area contributed by atoms with Crippen molar-refractivity contribution >= 4 is 16.8 Å². The SMILES string of the molecule is Cc1ccc(-n2c(C(C)N(Cc3ccco3)C(=O)CCC3CCCC3)nc3ccccc3c2=O)cc1C. The van der Waals surface area contributed by atoms with Gasteiger partial charge in [-0.25, -0.2) is 4.98 Å². The largest absolute Gasteiger partial charge is 0.467 e. The fraction of sp³-hybridized carbons (Fsp3) is 0.387. The predicted molar refractivity (Wildman–Crippen MR) is 146 cm³/mol. The molecule has 6 nitrogen and oxygen atoms in total. The highest BCUT2D eigenvalue weighted by Gasteiger charge is 2.28. The first-order valence-electron chi connectivity index (χ1n) is 13.3. The summed E-state index contributed by atoms with van der Waals surface area (Å²) in [5, 5.41) is 0.557. The number of hydrogen-bond acceptors (Lipinski definition) is 4. The second-order valence-electron chi connectivity index (χ2n) is 10.4. The van der Waals surface area contributed by atoms with Gasteiger partial charge < -0.3 is 9.32 Å². The van der Waals surface area contributed by atoms with Crippen molar-refractivity contribution in [3.05, 3.63) is 93.9 Å². The minimum absolute atomic E-state index is 0.0600. The predicted octanol–water partition coefficient (Wildman–Crippen LogP) is 6.66. The molecule has 1 fully saturated rings. The maximum absolute atomic E-state index is 13.9. The Labute approximate surface area is 217 Å². The van der Waals surface area contributed by atoms with Gasteiger partial charge in [0.05, 0.1) is 35.4 Å². The quantitative estimate of drug-likeness (QED) is 0.273. The average molecular weight is 498 g/mol. The minimum atomic E-state index is -0.444. The van der Waals surface area contributed by atoms with E-state index in [2.05, 4.69) is 6.92 Å². The summed E-state index contributed by atoms with van der Waals surface area (Å²) in [6.07, 6.45) is 7.94. The molecule has 1 aliphatic carbocycles. The molecule has 0 saturated heterocycles. The van der Waals surface area contributed by atoms with Crippen LogP contribution in [0.25, 0.3) is 16.6 Å². The topological polar surface area (TPSA) is 68.3 Å². The van der Waals surface area contributed by atoms with Crippen LogP contribution in [0.3, 0.4) is 0 Å². The van der Waals surface area contributed by atoms with Gasteiger partial charge in [-0.3, -0.25) is 14.2 Å². The van der Waals surface area contributed by atoms with Crippen molar-refractivity contribution < 1.29 is 9.21 Å². The Balaban J connectivity index is 1.59. The van der Waals surface area contributed by atoms with E-state index >= 15 is 0 Å². The third kappa shape index (κ3) is 5.24. The molecular formula is C31H35N3O3. The van der Waals surface area contributed by atoms with Gasteiger partial charge in [-0.05, 0) is 80.6 Å². The van der Waals surface area contributed by atoms with Crippen LogP contribution >= 0.6 is 0 Å². The molecule has 2 aromatic carbocycles. The number of rotatable bonds is 8. The van der Waals surface area contributed by atoms with Crippen LogP contribution in [0.5, 0.6) is 0 Å². The minimum Gasteiger partial charge on any atom is -0.467 e. The smallest absolute Gasteiger partial charge is 0.266 e. The summed E-state index contributed by atoms with van der Waals surface area (Å²) in [5.41, 5.74) is 3.50. The number of furan rings is 1. The van der Waals surface area contributed by atoms with Gasteiger partial charge in [0, 0.05) is 6.42 Å². The summed E-state index contributed by atoms with van der Waals surface area (Å²) < 4.78 is 7.31. The van der Waals surface area contributed by atoms with E-state index in [1.54, 1.807) is 10.8 Å². The number of aryl methyl sites for hydroxylation is 2. The molecule has 37 heavy (non-hydrogen) atoms. The van der Waals surface area contributed by atoms with Crippen LogP contribution in [-0.2, 0) is 11.3 Å². The third-order valence-corrected chi connectivity index (χ3v) is 7.86. The Morgan fingerprint density at radius 2 is 1.86 bits per heavy atom. The van der Waals surface area contributed by atoms with E-state index in [1.165, 1.54) is 25.7 Å². The van der Waals surface area contributed by atoms with E-state index in [1.807, 2.05) is 73.3 Å². The van der Waals surface area contributed by atoms with Crippen molar-refractivity contribution in [2.24, 2.45) is 5.92 Å². The lowest BCUT2D eigenvalue weighted by Crippen LogP contribution is -2.37. The molecule has 5 rings (SSSR count). The zero-order valence-corrected chi connectivity index (χ0v) is 21.9. The molecule has 0 N–H and O–H groups in total. The molecule has 1 unspecified atom stereocenters. The molecule has 6 heteroatoms. The first kappa shape index (κ1) is 25.0. The highest BCUT2D eigenvalue weighted by atomic mass is 16.3. The number of amides is 1. The molecule has 0 aliphatic heterocycles. The molecule has 1 aliphatic rings. The first-order chi connectivity index (χ1) is 17.9. The Morgan fingerprint density at radius 3 is 2.59 bits per heavy atom. The number of para-hydroxylation sites is 1. The number of hydrogen-bond donors (Lipinski definition) is 0. The van der Waals surface area contributed by atoms with Crippen LogP contribution in [0.4, 0.5) is 0 Å². The Kier molecular flexibility index (Phi) is 7.26. The van der Waals surface area contributed by atoms with E-state index in [-0.39, 0.29) is 11.5 Å². The maximum Gasteiger partial charge on any atom is 0.266 e. The molecule has 192 valence electrons. The number of nitrogens with zero attached hydrogens (tertiary/aromatic N) is 3. The Bertz CT molecular complexity index is 1450. The van der Waals surface area contributed by atoms with Crippen molar-refractivity contribution in [3.63, 3.8) is 0 Å². The van der Waals surface area contributed by atoms with Gasteiger partial charge >= 0.3 is 0 Å². The van der Waals surface area contributed by atoms with Crippen LogP contribution in [0.1, 0.15) is 74.2 Å². The third-order valence-electron chi connectivity index (χ3n) is 7.86. The molecule has 1 amide bonds. The second-order valence-corrected chi connectivity index (χ2v) is 10.4. The van der Waals surface area contributed by atoms with Gasteiger partial charge in [-0.15, -0.1) is 0 Å². The van der Waals surface area contributed by atoms with Crippen molar-refractivity contribution in [1.82, 2.24) is 14.5 Å². The molecule has 2 heterocycles. The van der Waals surface area contributed by atoms with E-state index in [0.717, 1.165) is 23.2 Å². The number of aromatic nitrogens is 2. The van der Waals surface area contributed by atoms with E-state index in [0.29, 0.717) is 41.4 Å². The lowest BCUT2D eigenvalue weighted by Gasteiger charge is -2.30. The van der Waals surface area contributed by atoms with Gasteiger partial charge in [0.15, 0.2) is 0 Å². The van der Waals surface area contributed by atoms with E-state index in [9.17, 15) is 9.59 Å². The van der Waals surface area contributed by atoms with Gasteiger partial charge in [0.2, 0.25) is 5.91 Å². The van der Waals surface area contributed by atoms with Crippen LogP contribution in [0.2, 0.25) is 0 Å². The lowest BCUT2D eigenvalue weighted by atomic mass is 10.0. The highest BCUT2D eigenvalue weighted by Crippen LogP contribution is 2.31. The van der Waals surface area contributed by atoms with E-state index < -0.39 is 6.04 Å². The number of carbonyl (C=O) groups is 1. The summed E-state index contributed by atoms with van der Waals surface area (Å²) >= 11 is 0. The average Bonchev–Trinajstić information content (AvgIpc) is 3.62. The standard InChI is InChI=1S/C31H35N3O3/c1-21-14-16-25(19-22(21)2)34-30(32-28-13-7-6-12-27(28)31(34)36)23(3)33(20-26-11-8-18-37-26)29(35)17-15-24-9-4-5-10-24/h6-8,11-14,16,18-19,23-24H,4-5,9-10,15,17,20H2,1-3H3. The molecule has 0 spiro atoms. The van der Waals surface area contributed by atoms with Crippen molar-refractivity contribution in [1.29, 1.82) is 0 Å². The van der Waals surface area contributed by atoms with Gasteiger partial charge in [0.1, 0.15) is 11.6 Å². The normalized spacial score (nSPS) is 14.8. The summed E-state index contributed by atoms with van der Waals surface area (Å²) in [4.78, 5) is 34.4. The zero-order valence-electron chi connectivity index (χ0n) is 21.9. The van der Waals surface area contributed by atoms with E-state index in [4.69, 9.17) is 9.40 Å². The molecule has 2 aromatic heterocycles. The Hall–Kier alpha value is -3.67. The van der Waals surface area contributed by atoms with Crippen molar-refractivity contribution in [2.45, 2.75) is 71.9 Å². The molecule has 0 bridgehead atoms. The fourth-order valence-corrected chi connectivity index (χ4v) is 5.47. The fourth-order valence-electron chi connectivity index (χ4n) is 5.47. The van der Waals surface area contributed by atoms with Gasteiger partial charge in [-0.1, -0.05) is 43.9 Å². The van der Waals surface area contributed by atoms with Crippen molar-refractivity contribution in [2.75, 3.05) is 0 Å². The maximum atomic E-state index is 13.9. The number of fused-ring (bicyclic) bond motifs is 1. The first-order valence-corrected chi connectivity index (χ1v) is 13.3. The van der Waals surface area contributed by atoms with Crippen LogP contribution < -0.4 is 5.56 Å².